The maximum atomic E-state index is 11.8. The van der Waals surface area contributed by atoms with Crippen molar-refractivity contribution in [2.24, 2.45) is 0 Å². The molecule has 2 nitrogen and oxygen atoms in total. The van der Waals surface area contributed by atoms with Gasteiger partial charge in [-0.25, -0.2) is 4.79 Å². The number of hydrogen-bond donors (Lipinski definition) is 0. The molecular formula is C17H15ClO2. The number of carbonyl (C=O) groups excluding carboxylic acids is 1. The molecule has 0 aromatic heterocycles. The minimum atomic E-state index is -0.330. The Morgan fingerprint density at radius 3 is 2.05 bits per heavy atom. The average Bonchev–Trinajstić information content (AvgIpc) is 2.53. The Bertz CT molecular complexity index is 576. The number of allylic oxidation sites excluding steroid dienone is 1. The molecule has 2 aromatic rings. The van der Waals surface area contributed by atoms with Crippen molar-refractivity contribution >= 4 is 23.1 Å². The van der Waals surface area contributed by atoms with Crippen LogP contribution in [0.5, 0.6) is 0 Å². The number of benzene rings is 2. The Hall–Kier alpha value is -2.06. The molecular weight excluding hydrogens is 272 g/mol. The van der Waals surface area contributed by atoms with Crippen molar-refractivity contribution in [3.63, 3.8) is 0 Å². The molecule has 3 heteroatoms. The van der Waals surface area contributed by atoms with E-state index in [0.717, 1.165) is 11.1 Å². The summed E-state index contributed by atoms with van der Waals surface area (Å²) in [6.07, 6.45) is 1.84. The first-order valence-electron chi connectivity index (χ1n) is 6.34. The fourth-order valence-corrected chi connectivity index (χ4v) is 2.04. The minimum Gasteiger partial charge on any atom is -0.458 e. The van der Waals surface area contributed by atoms with E-state index in [4.69, 9.17) is 16.3 Å². The van der Waals surface area contributed by atoms with Gasteiger partial charge in [0, 0.05) is 5.88 Å². The molecule has 0 bridgehead atoms. The van der Waals surface area contributed by atoms with Crippen LogP contribution >= 0.6 is 11.6 Å². The topological polar surface area (TPSA) is 26.3 Å². The summed E-state index contributed by atoms with van der Waals surface area (Å²) in [6.45, 7) is 0.213. The average molecular weight is 287 g/mol. The molecule has 0 aliphatic heterocycles. The number of rotatable bonds is 5. The molecule has 0 saturated carbocycles. The monoisotopic (exact) mass is 286 g/mol. The van der Waals surface area contributed by atoms with Crippen molar-refractivity contribution in [3.8, 4) is 0 Å². The summed E-state index contributed by atoms with van der Waals surface area (Å²) in [6, 6.07) is 18.7. The van der Waals surface area contributed by atoms with Crippen molar-refractivity contribution in [3.05, 3.63) is 77.9 Å². The van der Waals surface area contributed by atoms with Crippen molar-refractivity contribution in [2.75, 3.05) is 12.5 Å². The minimum absolute atomic E-state index is 0.213. The van der Waals surface area contributed by atoms with Gasteiger partial charge >= 0.3 is 5.97 Å². The normalized spacial score (nSPS) is 11.2. The maximum Gasteiger partial charge on any atom is 0.338 e. The highest BCUT2D eigenvalue weighted by atomic mass is 35.5. The number of hydrogen-bond acceptors (Lipinski definition) is 2. The molecule has 0 heterocycles. The van der Waals surface area contributed by atoms with Crippen molar-refractivity contribution in [1.82, 2.24) is 0 Å². The third kappa shape index (κ3) is 3.97. The molecule has 0 radical (unpaired) electrons. The second-order valence-electron chi connectivity index (χ2n) is 4.19. The summed E-state index contributed by atoms with van der Waals surface area (Å²) >= 11 is 5.93. The molecule has 0 saturated heterocycles. The second-order valence-corrected chi connectivity index (χ2v) is 4.46. The van der Waals surface area contributed by atoms with Crippen LogP contribution < -0.4 is 0 Å². The van der Waals surface area contributed by atoms with Crippen LogP contribution in [0.25, 0.3) is 5.57 Å². The van der Waals surface area contributed by atoms with E-state index in [1.807, 2.05) is 42.5 Å². The number of ether oxygens (including phenoxy) is 1. The number of carbonyl (C=O) groups is 1. The van der Waals surface area contributed by atoms with Crippen LogP contribution in [-0.4, -0.2) is 18.5 Å². The van der Waals surface area contributed by atoms with E-state index in [1.54, 1.807) is 24.3 Å². The van der Waals surface area contributed by atoms with E-state index in [-0.39, 0.29) is 12.6 Å². The van der Waals surface area contributed by atoms with Gasteiger partial charge in [-0.05, 0) is 29.3 Å². The lowest BCUT2D eigenvalue weighted by atomic mass is 10.1. The molecule has 2 aromatic carbocycles. The number of halogens is 1. The number of alkyl halides is 1. The molecule has 0 aliphatic carbocycles. The zero-order valence-electron chi connectivity index (χ0n) is 11.0. The Balaban J connectivity index is 1.97. The molecule has 102 valence electrons. The summed E-state index contributed by atoms with van der Waals surface area (Å²) in [5.74, 6) is 0.0521. The Labute approximate surface area is 123 Å². The van der Waals surface area contributed by atoms with Gasteiger partial charge in [-0.1, -0.05) is 48.5 Å². The SMILES string of the molecule is O=C(OC/C=C(/CCl)c1ccccc1)c1ccccc1. The first-order valence-corrected chi connectivity index (χ1v) is 6.87. The Morgan fingerprint density at radius 1 is 0.950 bits per heavy atom. The third-order valence-corrected chi connectivity index (χ3v) is 3.13. The van der Waals surface area contributed by atoms with Gasteiger partial charge in [0.05, 0.1) is 5.56 Å². The molecule has 20 heavy (non-hydrogen) atoms. The van der Waals surface area contributed by atoms with Crippen LogP contribution in [0.1, 0.15) is 15.9 Å². The van der Waals surface area contributed by atoms with Crippen LogP contribution in [0.2, 0.25) is 0 Å². The largest absolute Gasteiger partial charge is 0.458 e. The van der Waals surface area contributed by atoms with Crippen molar-refractivity contribution < 1.29 is 9.53 Å². The molecule has 0 spiro atoms. The highest BCUT2D eigenvalue weighted by molar-refractivity contribution is 6.23. The van der Waals surface area contributed by atoms with Crippen molar-refractivity contribution in [1.29, 1.82) is 0 Å². The molecule has 2 rings (SSSR count). The fraction of sp³-hybridized carbons (Fsp3) is 0.118. The molecule has 0 unspecified atom stereocenters. The van der Waals surface area contributed by atoms with Gasteiger partial charge in [0.15, 0.2) is 0 Å². The van der Waals surface area contributed by atoms with E-state index in [1.165, 1.54) is 0 Å². The molecule has 0 amide bonds. The highest BCUT2D eigenvalue weighted by Gasteiger charge is 2.05. The zero-order chi connectivity index (χ0) is 14.2. The fourth-order valence-electron chi connectivity index (χ4n) is 1.78. The van der Waals surface area contributed by atoms with Gasteiger partial charge in [-0.3, -0.25) is 0 Å². The summed E-state index contributed by atoms with van der Waals surface area (Å²) in [5, 5.41) is 0. The third-order valence-electron chi connectivity index (χ3n) is 2.84. The highest BCUT2D eigenvalue weighted by Crippen LogP contribution is 2.15. The van der Waals surface area contributed by atoms with E-state index >= 15 is 0 Å². The van der Waals surface area contributed by atoms with Crippen LogP contribution in [0, 0.1) is 0 Å². The van der Waals surface area contributed by atoms with Crippen molar-refractivity contribution in [2.45, 2.75) is 0 Å². The molecule has 0 aliphatic rings. The lowest BCUT2D eigenvalue weighted by Gasteiger charge is -2.05. The number of esters is 1. The lowest BCUT2D eigenvalue weighted by molar-refractivity contribution is 0.0550. The smallest absolute Gasteiger partial charge is 0.338 e. The summed E-state index contributed by atoms with van der Waals surface area (Å²) in [4.78, 5) is 11.8. The Kier molecular flexibility index (Phi) is 5.39. The molecule has 0 N–H and O–H groups in total. The predicted molar refractivity (Wildman–Crippen MR) is 81.9 cm³/mol. The van der Waals surface area contributed by atoms with Gasteiger partial charge in [0.1, 0.15) is 6.61 Å². The van der Waals surface area contributed by atoms with Gasteiger partial charge in [0.25, 0.3) is 0 Å². The first-order chi connectivity index (χ1) is 9.81. The van der Waals surface area contributed by atoms with Gasteiger partial charge in [-0.15, -0.1) is 11.6 Å². The maximum absolute atomic E-state index is 11.8. The predicted octanol–water partition coefficient (Wildman–Crippen LogP) is 4.17. The van der Waals surface area contributed by atoms with E-state index < -0.39 is 0 Å². The van der Waals surface area contributed by atoms with Crippen LogP contribution in [0.3, 0.4) is 0 Å². The van der Waals surface area contributed by atoms with E-state index in [0.29, 0.717) is 11.4 Å². The van der Waals surface area contributed by atoms with Crippen LogP contribution in [-0.2, 0) is 4.74 Å². The summed E-state index contributed by atoms with van der Waals surface area (Å²) in [7, 11) is 0. The van der Waals surface area contributed by atoms with Gasteiger partial charge < -0.3 is 4.74 Å². The summed E-state index contributed by atoms with van der Waals surface area (Å²) in [5.41, 5.74) is 2.54. The molecule has 0 atom stereocenters. The quantitative estimate of drug-likeness (QED) is 0.609. The van der Waals surface area contributed by atoms with E-state index in [9.17, 15) is 4.79 Å². The van der Waals surface area contributed by atoms with Gasteiger partial charge in [0.2, 0.25) is 0 Å². The van der Waals surface area contributed by atoms with Gasteiger partial charge in [-0.2, -0.15) is 0 Å². The van der Waals surface area contributed by atoms with E-state index in [2.05, 4.69) is 0 Å². The standard InChI is InChI=1S/C17H15ClO2/c18-13-16(14-7-3-1-4-8-14)11-12-20-17(19)15-9-5-2-6-10-15/h1-11H,12-13H2/b16-11-. The Morgan fingerprint density at radius 2 is 1.50 bits per heavy atom. The van der Waals surface area contributed by atoms with Crippen LogP contribution in [0.15, 0.2) is 66.7 Å². The summed E-state index contributed by atoms with van der Waals surface area (Å²) < 4.78 is 5.21. The first kappa shape index (κ1) is 14.4. The second kappa shape index (κ2) is 7.51. The van der Waals surface area contributed by atoms with Crippen LogP contribution in [0.4, 0.5) is 0 Å². The molecule has 0 fully saturated rings. The zero-order valence-corrected chi connectivity index (χ0v) is 11.7. The lowest BCUT2D eigenvalue weighted by Crippen LogP contribution is -2.05.